The van der Waals surface area contributed by atoms with Crippen molar-refractivity contribution in [2.24, 2.45) is 0 Å². The summed E-state index contributed by atoms with van der Waals surface area (Å²) in [5.74, 6) is 0.939. The number of nitrogens with zero attached hydrogens (tertiary/aromatic N) is 2. The largest absolute Gasteiger partial charge is 0.507 e. The van der Waals surface area contributed by atoms with Crippen molar-refractivity contribution in [1.29, 1.82) is 0 Å². The summed E-state index contributed by atoms with van der Waals surface area (Å²) in [5, 5.41) is 23.2. The Morgan fingerprint density at radius 1 is 0.947 bits per heavy atom. The van der Waals surface area contributed by atoms with Crippen LogP contribution >= 0.6 is 0 Å². The van der Waals surface area contributed by atoms with Gasteiger partial charge >= 0.3 is 0 Å². The summed E-state index contributed by atoms with van der Waals surface area (Å²) in [5.41, 5.74) is 1.34. The molecule has 0 bridgehead atoms. The first-order chi connectivity index (χ1) is 9.29. The van der Waals surface area contributed by atoms with Gasteiger partial charge in [-0.25, -0.2) is 0 Å². The van der Waals surface area contributed by atoms with Gasteiger partial charge in [0.05, 0.1) is 5.69 Å². The molecule has 1 heterocycles. The third kappa shape index (κ3) is 1.97. The quantitative estimate of drug-likeness (QED) is 0.735. The van der Waals surface area contributed by atoms with Crippen molar-refractivity contribution >= 4 is 16.6 Å². The molecule has 0 amide bonds. The fraction of sp³-hybridized carbons (Fsp3) is 0.0667. The molecule has 2 aromatic carbocycles. The van der Waals surface area contributed by atoms with Crippen molar-refractivity contribution in [2.75, 3.05) is 12.4 Å². The van der Waals surface area contributed by atoms with Gasteiger partial charge in [-0.05, 0) is 23.6 Å². The van der Waals surface area contributed by atoms with Gasteiger partial charge in [-0.3, -0.25) is 0 Å². The van der Waals surface area contributed by atoms with Gasteiger partial charge in [-0.15, -0.1) is 10.2 Å². The lowest BCUT2D eigenvalue weighted by Gasteiger charge is -2.07. The number of aromatic hydroxyl groups is 1. The number of phenols is 1. The lowest BCUT2D eigenvalue weighted by molar-refractivity contribution is 0.483. The Balaban J connectivity index is 2.16. The van der Waals surface area contributed by atoms with Crippen molar-refractivity contribution in [3.8, 4) is 17.0 Å². The van der Waals surface area contributed by atoms with Crippen LogP contribution in [0.5, 0.6) is 5.75 Å². The summed E-state index contributed by atoms with van der Waals surface area (Å²) < 4.78 is 0. The minimum atomic E-state index is 0.240. The Labute approximate surface area is 110 Å². The van der Waals surface area contributed by atoms with Crippen LogP contribution in [0.1, 0.15) is 0 Å². The number of rotatable bonds is 2. The molecular weight excluding hydrogens is 238 g/mol. The minimum absolute atomic E-state index is 0.240. The second kappa shape index (κ2) is 4.57. The minimum Gasteiger partial charge on any atom is -0.507 e. The molecule has 19 heavy (non-hydrogen) atoms. The standard InChI is InChI=1S/C15H13N3O/c1-16-14-9-8-13(17-18-14)12-7-6-10-4-2-3-5-11(10)15(12)19/h2-9,19H,1H3,(H,16,18). The Kier molecular flexibility index (Phi) is 2.76. The van der Waals surface area contributed by atoms with E-state index in [9.17, 15) is 5.11 Å². The Bertz CT molecular complexity index is 723. The van der Waals surface area contributed by atoms with Crippen molar-refractivity contribution in [2.45, 2.75) is 0 Å². The molecule has 0 atom stereocenters. The third-order valence-corrected chi connectivity index (χ3v) is 3.10. The maximum atomic E-state index is 10.3. The summed E-state index contributed by atoms with van der Waals surface area (Å²) >= 11 is 0. The monoisotopic (exact) mass is 251 g/mol. The van der Waals surface area contributed by atoms with Crippen molar-refractivity contribution in [3.05, 3.63) is 48.5 Å². The number of fused-ring (bicyclic) bond motifs is 1. The number of benzene rings is 2. The van der Waals surface area contributed by atoms with Crippen LogP contribution in [0.15, 0.2) is 48.5 Å². The van der Waals surface area contributed by atoms with Gasteiger partial charge in [0.2, 0.25) is 0 Å². The van der Waals surface area contributed by atoms with Gasteiger partial charge in [-0.2, -0.15) is 0 Å². The summed E-state index contributed by atoms with van der Waals surface area (Å²) in [6.07, 6.45) is 0. The normalized spacial score (nSPS) is 10.6. The van der Waals surface area contributed by atoms with Crippen LogP contribution in [-0.2, 0) is 0 Å². The third-order valence-electron chi connectivity index (χ3n) is 3.10. The fourth-order valence-corrected chi connectivity index (χ4v) is 2.07. The zero-order chi connectivity index (χ0) is 13.2. The molecule has 0 radical (unpaired) electrons. The molecule has 0 saturated carbocycles. The lowest BCUT2D eigenvalue weighted by atomic mass is 10.0. The Hall–Kier alpha value is -2.62. The molecule has 0 aliphatic carbocycles. The second-order valence-electron chi connectivity index (χ2n) is 4.24. The highest BCUT2D eigenvalue weighted by Crippen LogP contribution is 2.34. The molecule has 94 valence electrons. The van der Waals surface area contributed by atoms with Crippen LogP contribution in [0.2, 0.25) is 0 Å². The van der Waals surface area contributed by atoms with E-state index in [-0.39, 0.29) is 5.75 Å². The van der Waals surface area contributed by atoms with Crippen LogP contribution in [0.4, 0.5) is 5.82 Å². The maximum Gasteiger partial charge on any atom is 0.148 e. The topological polar surface area (TPSA) is 58.0 Å². The van der Waals surface area contributed by atoms with E-state index in [1.54, 1.807) is 7.05 Å². The molecule has 1 aromatic heterocycles. The smallest absolute Gasteiger partial charge is 0.148 e. The summed E-state index contributed by atoms with van der Waals surface area (Å²) in [4.78, 5) is 0. The molecule has 3 aromatic rings. The molecule has 2 N–H and O–H groups in total. The van der Waals surface area contributed by atoms with E-state index >= 15 is 0 Å². The van der Waals surface area contributed by atoms with Crippen LogP contribution < -0.4 is 5.32 Å². The maximum absolute atomic E-state index is 10.3. The van der Waals surface area contributed by atoms with Crippen LogP contribution in [0, 0.1) is 0 Å². The Morgan fingerprint density at radius 3 is 2.53 bits per heavy atom. The highest BCUT2D eigenvalue weighted by Gasteiger charge is 2.09. The van der Waals surface area contributed by atoms with Gasteiger partial charge in [0.25, 0.3) is 0 Å². The van der Waals surface area contributed by atoms with Gasteiger partial charge < -0.3 is 10.4 Å². The molecule has 4 nitrogen and oxygen atoms in total. The van der Waals surface area contributed by atoms with Crippen LogP contribution in [0.25, 0.3) is 22.0 Å². The first-order valence-electron chi connectivity index (χ1n) is 6.02. The number of nitrogens with one attached hydrogen (secondary N) is 1. The van der Waals surface area contributed by atoms with Gasteiger partial charge in [0.15, 0.2) is 0 Å². The molecule has 0 saturated heterocycles. The molecule has 0 aliphatic rings. The number of hydrogen-bond acceptors (Lipinski definition) is 4. The van der Waals surface area contributed by atoms with E-state index in [1.807, 2.05) is 48.5 Å². The number of phenolic OH excluding ortho intramolecular Hbond substituents is 1. The van der Waals surface area contributed by atoms with Gasteiger partial charge in [0, 0.05) is 18.0 Å². The lowest BCUT2D eigenvalue weighted by Crippen LogP contribution is -1.95. The zero-order valence-electron chi connectivity index (χ0n) is 10.5. The molecule has 0 fully saturated rings. The molecule has 0 aliphatic heterocycles. The summed E-state index contributed by atoms with van der Waals surface area (Å²) in [7, 11) is 1.79. The van der Waals surface area contributed by atoms with Crippen molar-refractivity contribution in [3.63, 3.8) is 0 Å². The average Bonchev–Trinajstić information content (AvgIpc) is 2.48. The van der Waals surface area contributed by atoms with Crippen LogP contribution in [0.3, 0.4) is 0 Å². The van der Waals surface area contributed by atoms with Crippen LogP contribution in [-0.4, -0.2) is 22.4 Å². The van der Waals surface area contributed by atoms with E-state index < -0.39 is 0 Å². The Morgan fingerprint density at radius 2 is 1.79 bits per heavy atom. The predicted molar refractivity (Wildman–Crippen MR) is 76.2 cm³/mol. The number of hydrogen-bond donors (Lipinski definition) is 2. The van der Waals surface area contributed by atoms with Crippen molar-refractivity contribution < 1.29 is 5.11 Å². The highest BCUT2D eigenvalue weighted by molar-refractivity contribution is 5.94. The summed E-state index contributed by atoms with van der Waals surface area (Å²) in [6.45, 7) is 0. The SMILES string of the molecule is CNc1ccc(-c2ccc3ccccc3c2O)nn1. The highest BCUT2D eigenvalue weighted by atomic mass is 16.3. The molecule has 4 heteroatoms. The predicted octanol–water partition coefficient (Wildman–Crippen LogP) is 3.04. The zero-order valence-corrected chi connectivity index (χ0v) is 10.5. The van der Waals surface area contributed by atoms with Gasteiger partial charge in [-0.1, -0.05) is 30.3 Å². The van der Waals surface area contributed by atoms with E-state index in [1.165, 1.54) is 0 Å². The first-order valence-corrected chi connectivity index (χ1v) is 6.02. The van der Waals surface area contributed by atoms with E-state index in [0.29, 0.717) is 17.1 Å². The molecule has 0 spiro atoms. The number of aromatic nitrogens is 2. The molecular formula is C15H13N3O. The fourth-order valence-electron chi connectivity index (χ4n) is 2.07. The second-order valence-corrected chi connectivity index (χ2v) is 4.24. The van der Waals surface area contributed by atoms with Gasteiger partial charge in [0.1, 0.15) is 11.6 Å². The van der Waals surface area contributed by atoms with E-state index in [0.717, 1.165) is 10.8 Å². The average molecular weight is 251 g/mol. The molecule has 0 unspecified atom stereocenters. The number of anilines is 1. The van der Waals surface area contributed by atoms with Crippen molar-refractivity contribution in [1.82, 2.24) is 10.2 Å². The summed E-state index contributed by atoms with van der Waals surface area (Å²) in [6, 6.07) is 15.2. The first kappa shape index (κ1) is 11.5. The molecule has 3 rings (SSSR count). The van der Waals surface area contributed by atoms with E-state index in [4.69, 9.17) is 0 Å². The van der Waals surface area contributed by atoms with E-state index in [2.05, 4.69) is 15.5 Å².